The second-order valence-electron chi connectivity index (χ2n) is 5.83. The number of aliphatic hydroxyl groups excluding tert-OH is 1. The van der Waals surface area contributed by atoms with Crippen molar-refractivity contribution in [2.75, 3.05) is 0 Å². The van der Waals surface area contributed by atoms with E-state index in [1.54, 1.807) is 26.0 Å². The third kappa shape index (κ3) is 2.96. The molecule has 0 saturated heterocycles. The van der Waals surface area contributed by atoms with Crippen molar-refractivity contribution in [1.82, 2.24) is 5.32 Å². The quantitative estimate of drug-likeness (QED) is 0.791. The molecule has 0 spiro atoms. The van der Waals surface area contributed by atoms with Crippen LogP contribution in [-0.2, 0) is 0 Å². The molecule has 1 saturated carbocycles. The highest BCUT2D eigenvalue weighted by molar-refractivity contribution is 5.95. The molecule has 1 fully saturated rings. The van der Waals surface area contributed by atoms with Crippen molar-refractivity contribution in [3.8, 4) is 5.75 Å². The molecule has 0 radical (unpaired) electrons. The molecule has 1 atom stereocenters. The highest BCUT2D eigenvalue weighted by Crippen LogP contribution is 2.31. The Balaban J connectivity index is 2.07. The number of amides is 1. The molecule has 0 bridgehead atoms. The molecular weight excluding hydrogens is 254 g/mol. The maximum absolute atomic E-state index is 12.3. The van der Waals surface area contributed by atoms with Gasteiger partial charge in [-0.1, -0.05) is 6.92 Å². The van der Waals surface area contributed by atoms with E-state index in [0.29, 0.717) is 22.6 Å². The molecule has 1 amide bonds. The van der Waals surface area contributed by atoms with Crippen molar-refractivity contribution in [2.45, 2.75) is 52.2 Å². The first kappa shape index (κ1) is 14.9. The Morgan fingerprint density at radius 1 is 1.35 bits per heavy atom. The normalized spacial score (nSPS) is 23.0. The Labute approximate surface area is 119 Å². The Morgan fingerprint density at radius 3 is 2.35 bits per heavy atom. The van der Waals surface area contributed by atoms with Crippen LogP contribution in [0.4, 0.5) is 0 Å². The van der Waals surface area contributed by atoms with E-state index in [1.165, 1.54) is 0 Å². The maximum atomic E-state index is 12.3. The molecule has 1 aliphatic carbocycles. The monoisotopic (exact) mass is 277 g/mol. The van der Waals surface area contributed by atoms with E-state index in [0.717, 1.165) is 19.3 Å². The van der Waals surface area contributed by atoms with Gasteiger partial charge in [0.15, 0.2) is 0 Å². The summed E-state index contributed by atoms with van der Waals surface area (Å²) in [6.45, 7) is 5.63. The zero-order valence-corrected chi connectivity index (χ0v) is 12.3. The minimum absolute atomic E-state index is 0.107. The number of phenolic OH excluding ortho intramolecular Hbond substituents is 1. The number of rotatable bonds is 4. The summed E-state index contributed by atoms with van der Waals surface area (Å²) in [5.41, 5.74) is 2.00. The summed E-state index contributed by atoms with van der Waals surface area (Å²) in [5.74, 6) is 0.512. The van der Waals surface area contributed by atoms with Crippen LogP contribution in [0.5, 0.6) is 5.75 Å². The molecule has 110 valence electrons. The van der Waals surface area contributed by atoms with Crippen LogP contribution in [-0.4, -0.2) is 28.3 Å². The van der Waals surface area contributed by atoms with Crippen LogP contribution in [0.15, 0.2) is 12.1 Å². The molecule has 0 aromatic heterocycles. The zero-order valence-electron chi connectivity index (χ0n) is 12.3. The van der Waals surface area contributed by atoms with E-state index in [1.807, 2.05) is 6.92 Å². The first-order valence-electron chi connectivity index (χ1n) is 7.21. The van der Waals surface area contributed by atoms with Gasteiger partial charge in [0, 0.05) is 11.6 Å². The lowest BCUT2D eigenvalue weighted by Gasteiger charge is -2.37. The third-order valence-electron chi connectivity index (χ3n) is 4.23. The van der Waals surface area contributed by atoms with Gasteiger partial charge in [-0.2, -0.15) is 0 Å². The maximum Gasteiger partial charge on any atom is 0.251 e. The largest absolute Gasteiger partial charge is 0.507 e. The summed E-state index contributed by atoms with van der Waals surface area (Å²) in [6.07, 6.45) is 2.20. The molecule has 1 aliphatic rings. The molecule has 4 nitrogen and oxygen atoms in total. The van der Waals surface area contributed by atoms with E-state index in [9.17, 15) is 15.0 Å². The van der Waals surface area contributed by atoms with Crippen LogP contribution in [0.3, 0.4) is 0 Å². The van der Waals surface area contributed by atoms with Crippen LogP contribution >= 0.6 is 0 Å². The van der Waals surface area contributed by atoms with Gasteiger partial charge in [0.25, 0.3) is 5.91 Å². The van der Waals surface area contributed by atoms with Crippen molar-refractivity contribution in [1.29, 1.82) is 0 Å². The van der Waals surface area contributed by atoms with Crippen molar-refractivity contribution in [3.05, 3.63) is 28.8 Å². The number of hydrogen-bond donors (Lipinski definition) is 3. The Kier molecular flexibility index (Phi) is 4.33. The number of benzene rings is 1. The first-order chi connectivity index (χ1) is 9.42. The predicted molar refractivity (Wildman–Crippen MR) is 77.9 cm³/mol. The molecule has 0 unspecified atom stereocenters. The standard InChI is InChI=1S/C16H23NO3/c1-4-14(11-7-13(18)8-11)17-16(20)12-5-9(2)15(19)10(3)6-12/h5-6,11,13-14,18-19H,4,7-8H2,1-3H3,(H,17,20)/t11?,13?,14-/m1/s1. The highest BCUT2D eigenvalue weighted by Gasteiger charge is 2.33. The van der Waals surface area contributed by atoms with Gasteiger partial charge in [-0.25, -0.2) is 0 Å². The minimum atomic E-state index is -0.205. The van der Waals surface area contributed by atoms with Crippen LogP contribution in [0, 0.1) is 19.8 Å². The molecule has 1 aromatic carbocycles. The minimum Gasteiger partial charge on any atom is -0.507 e. The van der Waals surface area contributed by atoms with E-state index in [4.69, 9.17) is 0 Å². The predicted octanol–water partition coefficient (Wildman–Crippen LogP) is 2.29. The summed E-state index contributed by atoms with van der Waals surface area (Å²) >= 11 is 0. The number of aryl methyl sites for hydroxylation is 2. The Hall–Kier alpha value is -1.55. The zero-order chi connectivity index (χ0) is 14.9. The van der Waals surface area contributed by atoms with Gasteiger partial charge in [0.2, 0.25) is 0 Å². The van der Waals surface area contributed by atoms with Crippen molar-refractivity contribution < 1.29 is 15.0 Å². The summed E-state index contributed by atoms with van der Waals surface area (Å²) in [7, 11) is 0. The lowest BCUT2D eigenvalue weighted by Crippen LogP contribution is -2.46. The SMILES string of the molecule is CC[C@@H](NC(=O)c1cc(C)c(O)c(C)c1)C1CC(O)C1. The molecule has 4 heteroatoms. The molecule has 0 aliphatic heterocycles. The van der Waals surface area contributed by atoms with Gasteiger partial charge in [0.05, 0.1) is 6.10 Å². The van der Waals surface area contributed by atoms with E-state index < -0.39 is 0 Å². The molecule has 2 rings (SSSR count). The molecule has 1 aromatic rings. The first-order valence-corrected chi connectivity index (χ1v) is 7.21. The number of aliphatic hydroxyl groups is 1. The lowest BCUT2D eigenvalue weighted by atomic mass is 9.76. The van der Waals surface area contributed by atoms with Crippen molar-refractivity contribution in [3.63, 3.8) is 0 Å². The molecule has 20 heavy (non-hydrogen) atoms. The third-order valence-corrected chi connectivity index (χ3v) is 4.23. The number of phenols is 1. The van der Waals surface area contributed by atoms with Gasteiger partial charge < -0.3 is 15.5 Å². The van der Waals surface area contributed by atoms with E-state index in [-0.39, 0.29) is 23.8 Å². The Morgan fingerprint density at radius 2 is 1.90 bits per heavy atom. The lowest BCUT2D eigenvalue weighted by molar-refractivity contribution is 0.0232. The van der Waals surface area contributed by atoms with Gasteiger partial charge >= 0.3 is 0 Å². The topological polar surface area (TPSA) is 69.6 Å². The average molecular weight is 277 g/mol. The average Bonchev–Trinajstić information content (AvgIpc) is 2.38. The van der Waals surface area contributed by atoms with Crippen LogP contribution < -0.4 is 5.32 Å². The Bertz CT molecular complexity index is 483. The van der Waals surface area contributed by atoms with E-state index in [2.05, 4.69) is 5.32 Å². The summed E-state index contributed by atoms with van der Waals surface area (Å²) in [6, 6.07) is 3.53. The summed E-state index contributed by atoms with van der Waals surface area (Å²) in [4.78, 5) is 12.3. The number of aromatic hydroxyl groups is 1. The van der Waals surface area contributed by atoms with E-state index >= 15 is 0 Å². The van der Waals surface area contributed by atoms with Crippen molar-refractivity contribution in [2.24, 2.45) is 5.92 Å². The summed E-state index contributed by atoms with van der Waals surface area (Å²) in [5, 5.41) is 22.2. The fourth-order valence-electron chi connectivity index (χ4n) is 2.85. The van der Waals surface area contributed by atoms with Crippen LogP contribution in [0.1, 0.15) is 47.7 Å². The fraction of sp³-hybridized carbons (Fsp3) is 0.562. The molecule has 0 heterocycles. The van der Waals surface area contributed by atoms with Gasteiger partial charge in [0.1, 0.15) is 5.75 Å². The molecular formula is C16H23NO3. The van der Waals surface area contributed by atoms with Crippen LogP contribution in [0.2, 0.25) is 0 Å². The van der Waals surface area contributed by atoms with Gasteiger partial charge in [-0.05, 0) is 62.3 Å². The number of carbonyl (C=O) groups excluding carboxylic acids is 1. The smallest absolute Gasteiger partial charge is 0.251 e. The van der Waals surface area contributed by atoms with Gasteiger partial charge in [-0.3, -0.25) is 4.79 Å². The van der Waals surface area contributed by atoms with Gasteiger partial charge in [-0.15, -0.1) is 0 Å². The second-order valence-corrected chi connectivity index (χ2v) is 5.83. The van der Waals surface area contributed by atoms with Crippen molar-refractivity contribution >= 4 is 5.91 Å². The fourth-order valence-corrected chi connectivity index (χ4v) is 2.85. The second kappa shape index (κ2) is 5.83. The number of nitrogens with one attached hydrogen (secondary N) is 1. The number of hydrogen-bond acceptors (Lipinski definition) is 3. The summed E-state index contributed by atoms with van der Waals surface area (Å²) < 4.78 is 0. The number of carbonyl (C=O) groups is 1. The molecule has 3 N–H and O–H groups in total. The van der Waals surface area contributed by atoms with Crippen LogP contribution in [0.25, 0.3) is 0 Å². The highest BCUT2D eigenvalue weighted by atomic mass is 16.3.